The number of imide groups is 1. The van der Waals surface area contributed by atoms with E-state index in [9.17, 15) is 24.0 Å². The van der Waals surface area contributed by atoms with Gasteiger partial charge in [-0.05, 0) is 49.4 Å². The van der Waals surface area contributed by atoms with Crippen LogP contribution in [0.3, 0.4) is 0 Å². The van der Waals surface area contributed by atoms with Crippen molar-refractivity contribution in [2.45, 2.75) is 57.2 Å². The Kier molecular flexibility index (Phi) is 5.27. The van der Waals surface area contributed by atoms with Gasteiger partial charge in [-0.2, -0.15) is 0 Å². The number of fused-ring (bicyclic) bond motifs is 1. The Morgan fingerprint density at radius 3 is 2.67 bits per heavy atom. The predicted octanol–water partition coefficient (Wildman–Crippen LogP) is 0.917. The van der Waals surface area contributed by atoms with Crippen molar-refractivity contribution in [1.29, 1.82) is 0 Å². The molecule has 0 aliphatic carbocycles. The SMILES string of the molecule is O=C(O)CC1CCCCN1C(=O)c1ccc2c(c1)CN(C1CCC(=O)NC1=O)C2=O. The summed E-state index contributed by atoms with van der Waals surface area (Å²) in [6.07, 6.45) is 2.75. The number of nitrogens with one attached hydrogen (secondary N) is 1. The summed E-state index contributed by atoms with van der Waals surface area (Å²) >= 11 is 0. The van der Waals surface area contributed by atoms with Crippen molar-refractivity contribution in [3.63, 3.8) is 0 Å². The van der Waals surface area contributed by atoms with Gasteiger partial charge in [0.25, 0.3) is 11.8 Å². The quantitative estimate of drug-likeness (QED) is 0.708. The number of carbonyl (C=O) groups is 5. The summed E-state index contributed by atoms with van der Waals surface area (Å²) in [4.78, 5) is 63.6. The number of amides is 4. The van der Waals surface area contributed by atoms with Gasteiger partial charge in [-0.15, -0.1) is 0 Å². The molecular weight excluding hydrogens is 390 g/mol. The maximum Gasteiger partial charge on any atom is 0.305 e. The highest BCUT2D eigenvalue weighted by molar-refractivity contribution is 6.06. The number of carboxylic acid groups (broad SMARTS) is 1. The zero-order valence-electron chi connectivity index (χ0n) is 16.4. The molecule has 2 unspecified atom stereocenters. The van der Waals surface area contributed by atoms with Crippen molar-refractivity contribution < 1.29 is 29.1 Å². The van der Waals surface area contributed by atoms with Gasteiger partial charge in [-0.25, -0.2) is 0 Å². The molecule has 0 spiro atoms. The van der Waals surface area contributed by atoms with E-state index in [4.69, 9.17) is 5.11 Å². The van der Waals surface area contributed by atoms with E-state index in [2.05, 4.69) is 5.32 Å². The molecule has 3 aliphatic rings. The summed E-state index contributed by atoms with van der Waals surface area (Å²) in [7, 11) is 0. The van der Waals surface area contributed by atoms with Crippen molar-refractivity contribution in [1.82, 2.24) is 15.1 Å². The molecule has 3 aliphatic heterocycles. The van der Waals surface area contributed by atoms with E-state index >= 15 is 0 Å². The first-order valence-electron chi connectivity index (χ1n) is 10.2. The van der Waals surface area contributed by atoms with Gasteiger partial charge in [-0.3, -0.25) is 29.3 Å². The van der Waals surface area contributed by atoms with Crippen molar-refractivity contribution in [3.05, 3.63) is 34.9 Å². The van der Waals surface area contributed by atoms with Crippen LogP contribution in [0, 0.1) is 0 Å². The van der Waals surface area contributed by atoms with Gasteiger partial charge < -0.3 is 14.9 Å². The third-order valence-electron chi connectivity index (χ3n) is 6.07. The molecule has 1 aromatic carbocycles. The van der Waals surface area contributed by atoms with Crippen LogP contribution in [0.5, 0.6) is 0 Å². The second-order valence-corrected chi connectivity index (χ2v) is 8.02. The van der Waals surface area contributed by atoms with Crippen LogP contribution in [0.25, 0.3) is 0 Å². The van der Waals surface area contributed by atoms with Crippen LogP contribution in [0.15, 0.2) is 18.2 Å². The number of benzene rings is 1. The molecule has 9 nitrogen and oxygen atoms in total. The molecule has 4 rings (SSSR count). The summed E-state index contributed by atoms with van der Waals surface area (Å²) in [5, 5.41) is 11.4. The molecular formula is C21H23N3O6. The van der Waals surface area contributed by atoms with E-state index in [1.54, 1.807) is 23.1 Å². The molecule has 0 aromatic heterocycles. The average molecular weight is 413 g/mol. The Balaban J connectivity index is 1.53. The summed E-state index contributed by atoms with van der Waals surface area (Å²) in [5.41, 5.74) is 1.50. The Bertz CT molecular complexity index is 943. The minimum atomic E-state index is -0.931. The maximum absolute atomic E-state index is 13.1. The van der Waals surface area contributed by atoms with Gasteiger partial charge in [0.15, 0.2) is 0 Å². The van der Waals surface area contributed by atoms with E-state index in [1.807, 2.05) is 0 Å². The van der Waals surface area contributed by atoms with Crippen LogP contribution in [-0.4, -0.2) is 63.1 Å². The molecule has 2 N–H and O–H groups in total. The fourth-order valence-corrected chi connectivity index (χ4v) is 4.56. The smallest absolute Gasteiger partial charge is 0.305 e. The zero-order valence-corrected chi connectivity index (χ0v) is 16.4. The number of carbonyl (C=O) groups excluding carboxylic acids is 4. The number of hydrogen-bond donors (Lipinski definition) is 2. The van der Waals surface area contributed by atoms with Gasteiger partial charge in [0.2, 0.25) is 11.8 Å². The number of carboxylic acids is 1. The molecule has 0 saturated carbocycles. The van der Waals surface area contributed by atoms with Gasteiger partial charge in [0, 0.05) is 36.7 Å². The monoisotopic (exact) mass is 413 g/mol. The Morgan fingerprint density at radius 2 is 1.93 bits per heavy atom. The van der Waals surface area contributed by atoms with E-state index in [1.165, 1.54) is 4.90 Å². The minimum absolute atomic E-state index is 0.0849. The standard InChI is InChI=1S/C21H23N3O6/c25-17-7-6-16(19(28)22-17)24-11-13-9-12(4-5-15(13)21(24)30)20(29)23-8-2-1-3-14(23)10-18(26)27/h4-5,9,14,16H,1-3,6-8,10-11H2,(H,26,27)(H,22,25,28). The van der Waals surface area contributed by atoms with Gasteiger partial charge >= 0.3 is 5.97 Å². The molecule has 3 heterocycles. The van der Waals surface area contributed by atoms with E-state index in [0.29, 0.717) is 29.7 Å². The van der Waals surface area contributed by atoms with Crippen LogP contribution in [0.1, 0.15) is 64.8 Å². The van der Waals surface area contributed by atoms with Gasteiger partial charge in [0.1, 0.15) is 6.04 Å². The molecule has 0 radical (unpaired) electrons. The average Bonchev–Trinajstić information content (AvgIpc) is 3.03. The van der Waals surface area contributed by atoms with Crippen molar-refractivity contribution >= 4 is 29.6 Å². The van der Waals surface area contributed by atoms with Gasteiger partial charge in [0.05, 0.1) is 6.42 Å². The molecule has 158 valence electrons. The normalized spacial score (nSPS) is 23.9. The summed E-state index contributed by atoms with van der Waals surface area (Å²) in [6.45, 7) is 0.704. The summed E-state index contributed by atoms with van der Waals surface area (Å²) in [6, 6.07) is 3.79. The molecule has 1 aromatic rings. The molecule has 4 amide bonds. The number of nitrogens with zero attached hydrogens (tertiary/aromatic N) is 2. The predicted molar refractivity (Wildman–Crippen MR) is 103 cm³/mol. The minimum Gasteiger partial charge on any atom is -0.481 e. The molecule has 0 bridgehead atoms. The van der Waals surface area contributed by atoms with Crippen LogP contribution in [0.4, 0.5) is 0 Å². The van der Waals surface area contributed by atoms with Crippen molar-refractivity contribution in [2.75, 3.05) is 6.54 Å². The van der Waals surface area contributed by atoms with E-state index in [0.717, 1.165) is 12.8 Å². The first-order valence-corrected chi connectivity index (χ1v) is 10.2. The largest absolute Gasteiger partial charge is 0.481 e. The fraction of sp³-hybridized carbons (Fsp3) is 0.476. The van der Waals surface area contributed by atoms with E-state index in [-0.39, 0.29) is 49.6 Å². The highest BCUT2D eigenvalue weighted by Crippen LogP contribution is 2.29. The van der Waals surface area contributed by atoms with Crippen LogP contribution >= 0.6 is 0 Å². The van der Waals surface area contributed by atoms with Crippen LogP contribution in [-0.2, 0) is 20.9 Å². The van der Waals surface area contributed by atoms with Crippen LogP contribution < -0.4 is 5.32 Å². The first kappa shape index (κ1) is 20.1. The molecule has 30 heavy (non-hydrogen) atoms. The van der Waals surface area contributed by atoms with E-state index < -0.39 is 17.9 Å². The van der Waals surface area contributed by atoms with Gasteiger partial charge in [-0.1, -0.05) is 0 Å². The third-order valence-corrected chi connectivity index (χ3v) is 6.07. The first-order chi connectivity index (χ1) is 14.3. The highest BCUT2D eigenvalue weighted by atomic mass is 16.4. The summed E-state index contributed by atoms with van der Waals surface area (Å²) < 4.78 is 0. The van der Waals surface area contributed by atoms with Crippen molar-refractivity contribution in [2.24, 2.45) is 0 Å². The number of rotatable bonds is 4. The molecule has 9 heteroatoms. The third kappa shape index (κ3) is 3.67. The molecule has 2 saturated heterocycles. The lowest BCUT2D eigenvalue weighted by Gasteiger charge is -2.35. The second kappa shape index (κ2) is 7.89. The lowest BCUT2D eigenvalue weighted by atomic mass is 9.97. The number of likely N-dealkylation sites (tertiary alicyclic amines) is 1. The number of piperidine rings is 2. The number of hydrogen-bond acceptors (Lipinski definition) is 5. The lowest BCUT2D eigenvalue weighted by molar-refractivity contribution is -0.139. The fourth-order valence-electron chi connectivity index (χ4n) is 4.56. The lowest BCUT2D eigenvalue weighted by Crippen LogP contribution is -2.52. The Hall–Kier alpha value is -3.23. The zero-order chi connectivity index (χ0) is 21.4. The molecule has 2 fully saturated rings. The summed E-state index contributed by atoms with van der Waals surface area (Å²) in [5.74, 6) is -2.28. The highest BCUT2D eigenvalue weighted by Gasteiger charge is 2.39. The van der Waals surface area contributed by atoms with Crippen LogP contribution in [0.2, 0.25) is 0 Å². The number of aliphatic carboxylic acids is 1. The maximum atomic E-state index is 13.1. The Labute approximate surface area is 173 Å². The van der Waals surface area contributed by atoms with Crippen molar-refractivity contribution in [3.8, 4) is 0 Å². The Morgan fingerprint density at radius 1 is 1.13 bits per heavy atom. The second-order valence-electron chi connectivity index (χ2n) is 8.02. The molecule has 2 atom stereocenters. The topological polar surface area (TPSA) is 124 Å².